The average molecular weight is 268 g/mol. The number of benzene rings is 1. The number of nitrogens with zero attached hydrogens (tertiary/aromatic N) is 3. The van der Waals surface area contributed by atoms with Crippen LogP contribution in [0.15, 0.2) is 59.5 Å². The molecule has 0 spiro atoms. The fourth-order valence-electron chi connectivity index (χ4n) is 2.18. The van der Waals surface area contributed by atoms with E-state index >= 15 is 0 Å². The molecule has 0 aliphatic carbocycles. The van der Waals surface area contributed by atoms with E-state index in [0.717, 1.165) is 23.6 Å². The molecule has 1 N–H and O–H groups in total. The number of nitrogens with one attached hydrogen (secondary N) is 1. The van der Waals surface area contributed by atoms with Crippen molar-refractivity contribution in [2.24, 2.45) is 0 Å². The summed E-state index contributed by atoms with van der Waals surface area (Å²) in [7, 11) is 0. The van der Waals surface area contributed by atoms with Crippen molar-refractivity contribution in [2.45, 2.75) is 19.4 Å². The number of rotatable bonds is 5. The molecule has 3 aromatic rings. The summed E-state index contributed by atoms with van der Waals surface area (Å²) in [4.78, 5) is 0. The molecule has 102 valence electrons. The standard InChI is InChI=1S/C15H16N4O/c1-2-12(15-8-5-11-20-15)17-13-6-3-4-7-14(13)19-10-9-16-18-19/h3-12,17H,2H2,1H3. The third-order valence-electron chi connectivity index (χ3n) is 3.20. The van der Waals surface area contributed by atoms with Crippen LogP contribution in [-0.4, -0.2) is 15.0 Å². The predicted octanol–water partition coefficient (Wildman–Crippen LogP) is 3.42. The lowest BCUT2D eigenvalue weighted by Crippen LogP contribution is -2.11. The summed E-state index contributed by atoms with van der Waals surface area (Å²) in [6.07, 6.45) is 6.12. The van der Waals surface area contributed by atoms with Crippen molar-refractivity contribution in [3.63, 3.8) is 0 Å². The minimum atomic E-state index is 0.134. The van der Waals surface area contributed by atoms with Gasteiger partial charge in [-0.3, -0.25) is 0 Å². The number of furan rings is 1. The molecule has 3 rings (SSSR count). The molecule has 2 aromatic heterocycles. The monoisotopic (exact) mass is 268 g/mol. The molecule has 0 bridgehead atoms. The fraction of sp³-hybridized carbons (Fsp3) is 0.200. The Bertz CT molecular complexity index is 646. The lowest BCUT2D eigenvalue weighted by molar-refractivity contribution is 0.474. The number of anilines is 1. The maximum Gasteiger partial charge on any atom is 0.125 e. The van der Waals surface area contributed by atoms with Crippen molar-refractivity contribution in [1.82, 2.24) is 15.0 Å². The molecule has 0 saturated heterocycles. The lowest BCUT2D eigenvalue weighted by atomic mass is 10.1. The van der Waals surface area contributed by atoms with Gasteiger partial charge in [0.1, 0.15) is 5.76 Å². The highest BCUT2D eigenvalue weighted by molar-refractivity contribution is 5.61. The highest BCUT2D eigenvalue weighted by atomic mass is 16.3. The molecule has 0 fully saturated rings. The van der Waals surface area contributed by atoms with Crippen molar-refractivity contribution in [1.29, 1.82) is 0 Å². The van der Waals surface area contributed by atoms with Gasteiger partial charge in [0.15, 0.2) is 0 Å². The molecular formula is C15H16N4O. The second-order valence-corrected chi connectivity index (χ2v) is 4.49. The van der Waals surface area contributed by atoms with Crippen LogP contribution < -0.4 is 5.32 Å². The fourth-order valence-corrected chi connectivity index (χ4v) is 2.18. The molecule has 0 aliphatic heterocycles. The van der Waals surface area contributed by atoms with Gasteiger partial charge in [0.2, 0.25) is 0 Å². The van der Waals surface area contributed by atoms with Gasteiger partial charge in [-0.25, -0.2) is 4.68 Å². The second-order valence-electron chi connectivity index (χ2n) is 4.49. The maximum atomic E-state index is 5.49. The van der Waals surface area contributed by atoms with Crippen LogP contribution in [0.5, 0.6) is 0 Å². The summed E-state index contributed by atoms with van der Waals surface area (Å²) in [5.74, 6) is 0.931. The van der Waals surface area contributed by atoms with Gasteiger partial charge in [0.05, 0.1) is 36.1 Å². The van der Waals surface area contributed by atoms with E-state index in [4.69, 9.17) is 4.42 Å². The predicted molar refractivity (Wildman–Crippen MR) is 76.7 cm³/mol. The van der Waals surface area contributed by atoms with E-state index in [2.05, 4.69) is 22.6 Å². The number of aromatic nitrogens is 3. The van der Waals surface area contributed by atoms with Crippen molar-refractivity contribution in [3.05, 3.63) is 60.8 Å². The molecule has 5 heteroatoms. The van der Waals surface area contributed by atoms with Gasteiger partial charge in [-0.2, -0.15) is 0 Å². The Kier molecular flexibility index (Phi) is 3.50. The van der Waals surface area contributed by atoms with Crippen LogP contribution in [0.1, 0.15) is 25.1 Å². The maximum absolute atomic E-state index is 5.49. The van der Waals surface area contributed by atoms with Gasteiger partial charge < -0.3 is 9.73 Å². The minimum Gasteiger partial charge on any atom is -0.467 e. The minimum absolute atomic E-state index is 0.134. The Balaban J connectivity index is 1.91. The summed E-state index contributed by atoms with van der Waals surface area (Å²) in [6.45, 7) is 2.12. The lowest BCUT2D eigenvalue weighted by Gasteiger charge is -2.18. The van der Waals surface area contributed by atoms with Crippen molar-refractivity contribution < 1.29 is 4.42 Å². The Labute approximate surface area is 117 Å². The Morgan fingerprint density at radius 2 is 2.15 bits per heavy atom. The van der Waals surface area contributed by atoms with Gasteiger partial charge >= 0.3 is 0 Å². The van der Waals surface area contributed by atoms with E-state index < -0.39 is 0 Å². The van der Waals surface area contributed by atoms with Crippen LogP contribution in [0.4, 0.5) is 5.69 Å². The first-order valence-electron chi connectivity index (χ1n) is 6.64. The second kappa shape index (κ2) is 5.61. The molecule has 1 atom stereocenters. The quantitative estimate of drug-likeness (QED) is 0.770. The van der Waals surface area contributed by atoms with Gasteiger partial charge in [0, 0.05) is 0 Å². The van der Waals surface area contributed by atoms with Crippen molar-refractivity contribution in [2.75, 3.05) is 5.32 Å². The molecule has 1 unspecified atom stereocenters. The Hall–Kier alpha value is -2.56. The summed E-state index contributed by atoms with van der Waals surface area (Å²) < 4.78 is 7.24. The first kappa shape index (κ1) is 12.5. The van der Waals surface area contributed by atoms with E-state index in [1.807, 2.05) is 42.6 Å². The highest BCUT2D eigenvalue weighted by Gasteiger charge is 2.14. The van der Waals surface area contributed by atoms with Crippen LogP contribution in [-0.2, 0) is 0 Å². The van der Waals surface area contributed by atoms with E-state index in [-0.39, 0.29) is 6.04 Å². The third-order valence-corrected chi connectivity index (χ3v) is 3.20. The topological polar surface area (TPSA) is 55.9 Å². The number of hydrogen-bond donors (Lipinski definition) is 1. The van der Waals surface area contributed by atoms with Crippen molar-refractivity contribution >= 4 is 5.69 Å². The zero-order valence-electron chi connectivity index (χ0n) is 11.2. The Morgan fingerprint density at radius 3 is 2.85 bits per heavy atom. The van der Waals surface area contributed by atoms with E-state index in [9.17, 15) is 0 Å². The van der Waals surface area contributed by atoms with E-state index in [1.54, 1.807) is 17.1 Å². The molecule has 1 aromatic carbocycles. The summed E-state index contributed by atoms with van der Waals surface area (Å²) in [6, 6.07) is 12.0. The number of hydrogen-bond acceptors (Lipinski definition) is 4. The van der Waals surface area contributed by atoms with Crippen LogP contribution >= 0.6 is 0 Å². The van der Waals surface area contributed by atoms with E-state index in [0.29, 0.717) is 0 Å². The zero-order valence-corrected chi connectivity index (χ0v) is 11.2. The normalized spacial score (nSPS) is 12.2. The third kappa shape index (κ3) is 2.42. The Morgan fingerprint density at radius 1 is 1.25 bits per heavy atom. The SMILES string of the molecule is CCC(Nc1ccccc1-n1ccnn1)c1ccco1. The van der Waals surface area contributed by atoms with Crippen LogP contribution in [0.3, 0.4) is 0 Å². The largest absolute Gasteiger partial charge is 0.467 e. The van der Waals surface area contributed by atoms with E-state index in [1.165, 1.54) is 0 Å². The molecule has 0 amide bonds. The summed E-state index contributed by atoms with van der Waals surface area (Å²) in [5.41, 5.74) is 1.97. The van der Waals surface area contributed by atoms with Crippen LogP contribution in [0.2, 0.25) is 0 Å². The molecule has 0 saturated carbocycles. The highest BCUT2D eigenvalue weighted by Crippen LogP contribution is 2.26. The molecular weight excluding hydrogens is 252 g/mol. The summed E-state index contributed by atoms with van der Waals surface area (Å²) >= 11 is 0. The van der Waals surface area contributed by atoms with Gasteiger partial charge in [-0.1, -0.05) is 24.3 Å². The first-order valence-corrected chi connectivity index (χ1v) is 6.64. The van der Waals surface area contributed by atoms with Gasteiger partial charge in [-0.05, 0) is 30.7 Å². The zero-order chi connectivity index (χ0) is 13.8. The first-order chi connectivity index (χ1) is 9.88. The molecule has 0 radical (unpaired) electrons. The van der Waals surface area contributed by atoms with Gasteiger partial charge in [0.25, 0.3) is 0 Å². The smallest absolute Gasteiger partial charge is 0.125 e. The average Bonchev–Trinajstić information content (AvgIpc) is 3.18. The van der Waals surface area contributed by atoms with Gasteiger partial charge in [-0.15, -0.1) is 5.10 Å². The van der Waals surface area contributed by atoms with Crippen molar-refractivity contribution in [3.8, 4) is 5.69 Å². The molecule has 5 nitrogen and oxygen atoms in total. The number of para-hydroxylation sites is 2. The molecule has 0 aliphatic rings. The molecule has 20 heavy (non-hydrogen) atoms. The molecule has 2 heterocycles. The van der Waals surface area contributed by atoms with Crippen LogP contribution in [0, 0.1) is 0 Å². The summed E-state index contributed by atoms with van der Waals surface area (Å²) in [5, 5.41) is 11.4. The van der Waals surface area contributed by atoms with Crippen LogP contribution in [0.25, 0.3) is 5.69 Å².